The normalized spacial score (nSPS) is 10.7. The van der Waals surface area contributed by atoms with Crippen LogP contribution in [-0.2, 0) is 0 Å². The van der Waals surface area contributed by atoms with Gasteiger partial charge in [0.2, 0.25) is 0 Å². The van der Waals surface area contributed by atoms with Crippen LogP contribution in [0.3, 0.4) is 0 Å². The fraction of sp³-hybridized carbons (Fsp3) is 0. The monoisotopic (exact) mass is 252 g/mol. The van der Waals surface area contributed by atoms with Gasteiger partial charge in [-0.25, -0.2) is 0 Å². The Kier molecular flexibility index (Phi) is 2.53. The van der Waals surface area contributed by atoms with Crippen molar-refractivity contribution in [2.24, 2.45) is 0 Å². The number of fused-ring (bicyclic) bond motifs is 1. The standard InChI is InChI=1S/C16H12O3/c17-14-4-3-10-5-11(1-2-12(10)6-14)13-7-15(18)9-16(19)8-13/h1-9,17-19H. The topological polar surface area (TPSA) is 60.7 Å². The van der Waals surface area contributed by atoms with Gasteiger partial charge in [0.05, 0.1) is 0 Å². The lowest BCUT2D eigenvalue weighted by molar-refractivity contribution is 0.451. The molecule has 0 spiro atoms. The van der Waals surface area contributed by atoms with Gasteiger partial charge in [0.15, 0.2) is 0 Å². The molecule has 3 rings (SSSR count). The van der Waals surface area contributed by atoms with Gasteiger partial charge in [-0.1, -0.05) is 18.2 Å². The van der Waals surface area contributed by atoms with Crippen LogP contribution in [0.4, 0.5) is 0 Å². The maximum absolute atomic E-state index is 9.51. The van der Waals surface area contributed by atoms with Crippen molar-refractivity contribution in [3.8, 4) is 28.4 Å². The molecule has 0 unspecified atom stereocenters. The summed E-state index contributed by atoms with van der Waals surface area (Å²) in [5.41, 5.74) is 1.64. The Balaban J connectivity index is 2.17. The highest BCUT2D eigenvalue weighted by Gasteiger charge is 2.04. The zero-order chi connectivity index (χ0) is 13.4. The van der Waals surface area contributed by atoms with Crippen LogP contribution in [0.5, 0.6) is 17.2 Å². The van der Waals surface area contributed by atoms with Crippen molar-refractivity contribution in [3.05, 3.63) is 54.6 Å². The van der Waals surface area contributed by atoms with E-state index < -0.39 is 0 Å². The van der Waals surface area contributed by atoms with Crippen molar-refractivity contribution >= 4 is 10.8 Å². The molecule has 0 atom stereocenters. The Hall–Kier alpha value is -2.68. The third-order valence-corrected chi connectivity index (χ3v) is 3.06. The summed E-state index contributed by atoms with van der Waals surface area (Å²) in [5, 5.41) is 30.4. The number of rotatable bonds is 1. The maximum atomic E-state index is 9.51. The fourth-order valence-corrected chi connectivity index (χ4v) is 2.17. The van der Waals surface area contributed by atoms with Crippen LogP contribution >= 0.6 is 0 Å². The van der Waals surface area contributed by atoms with Gasteiger partial charge in [-0.15, -0.1) is 0 Å². The molecule has 0 heterocycles. The Morgan fingerprint density at radius 2 is 1.11 bits per heavy atom. The van der Waals surface area contributed by atoms with Crippen molar-refractivity contribution in [2.45, 2.75) is 0 Å². The molecule has 3 aromatic carbocycles. The first-order valence-corrected chi connectivity index (χ1v) is 5.88. The molecule has 3 nitrogen and oxygen atoms in total. The zero-order valence-corrected chi connectivity index (χ0v) is 10.0. The number of phenols is 3. The molecule has 0 bridgehead atoms. The van der Waals surface area contributed by atoms with Gasteiger partial charge in [-0.05, 0) is 52.2 Å². The van der Waals surface area contributed by atoms with E-state index in [0.29, 0.717) is 0 Å². The molecule has 0 fully saturated rings. The average molecular weight is 252 g/mol. The summed E-state index contributed by atoms with van der Waals surface area (Å²) in [6, 6.07) is 15.4. The summed E-state index contributed by atoms with van der Waals surface area (Å²) in [6.07, 6.45) is 0. The first kappa shape index (κ1) is 11.4. The summed E-state index contributed by atoms with van der Waals surface area (Å²) in [7, 11) is 0. The van der Waals surface area contributed by atoms with Crippen LogP contribution in [0.25, 0.3) is 21.9 Å². The minimum Gasteiger partial charge on any atom is -0.508 e. The molecule has 0 aromatic heterocycles. The van der Waals surface area contributed by atoms with E-state index in [4.69, 9.17) is 0 Å². The van der Waals surface area contributed by atoms with Crippen molar-refractivity contribution < 1.29 is 15.3 Å². The molecule has 3 N–H and O–H groups in total. The predicted molar refractivity (Wildman–Crippen MR) is 74.4 cm³/mol. The van der Waals surface area contributed by atoms with Crippen LogP contribution in [0.15, 0.2) is 54.6 Å². The molecule has 0 saturated carbocycles. The van der Waals surface area contributed by atoms with Crippen LogP contribution in [-0.4, -0.2) is 15.3 Å². The van der Waals surface area contributed by atoms with E-state index in [-0.39, 0.29) is 17.2 Å². The largest absolute Gasteiger partial charge is 0.508 e. The molecule has 0 aliphatic carbocycles. The summed E-state index contributed by atoms with van der Waals surface area (Å²) in [4.78, 5) is 0. The lowest BCUT2D eigenvalue weighted by Gasteiger charge is -2.06. The van der Waals surface area contributed by atoms with Crippen LogP contribution < -0.4 is 0 Å². The second-order valence-corrected chi connectivity index (χ2v) is 4.48. The molecule has 0 radical (unpaired) electrons. The van der Waals surface area contributed by atoms with Gasteiger partial charge in [0, 0.05) is 6.07 Å². The smallest absolute Gasteiger partial charge is 0.119 e. The zero-order valence-electron chi connectivity index (χ0n) is 10.0. The lowest BCUT2D eigenvalue weighted by Crippen LogP contribution is -1.80. The summed E-state index contributed by atoms with van der Waals surface area (Å²) in [6.45, 7) is 0. The number of hydrogen-bond acceptors (Lipinski definition) is 3. The number of aromatic hydroxyl groups is 3. The van der Waals surface area contributed by atoms with E-state index in [1.54, 1.807) is 24.3 Å². The van der Waals surface area contributed by atoms with Gasteiger partial charge >= 0.3 is 0 Å². The Morgan fingerprint density at radius 3 is 1.84 bits per heavy atom. The van der Waals surface area contributed by atoms with Crippen LogP contribution in [0.1, 0.15) is 0 Å². The number of phenolic OH excluding ortho intramolecular Hbond substituents is 3. The average Bonchev–Trinajstić information content (AvgIpc) is 2.37. The molecule has 0 aliphatic rings. The highest BCUT2D eigenvalue weighted by atomic mass is 16.3. The molecule has 0 amide bonds. The van der Waals surface area contributed by atoms with E-state index >= 15 is 0 Å². The summed E-state index contributed by atoms with van der Waals surface area (Å²) in [5.74, 6) is 0.289. The number of benzene rings is 3. The van der Waals surface area contributed by atoms with Gasteiger partial charge in [-0.2, -0.15) is 0 Å². The number of hydrogen-bond donors (Lipinski definition) is 3. The van der Waals surface area contributed by atoms with Crippen LogP contribution in [0.2, 0.25) is 0 Å². The van der Waals surface area contributed by atoms with E-state index in [1.165, 1.54) is 6.07 Å². The Bertz CT molecular complexity index is 743. The highest BCUT2D eigenvalue weighted by Crippen LogP contribution is 2.31. The van der Waals surface area contributed by atoms with Crippen molar-refractivity contribution in [1.29, 1.82) is 0 Å². The molecule has 94 valence electrons. The van der Waals surface area contributed by atoms with Crippen molar-refractivity contribution in [3.63, 3.8) is 0 Å². The highest BCUT2D eigenvalue weighted by molar-refractivity contribution is 5.88. The van der Waals surface area contributed by atoms with Crippen LogP contribution in [0, 0.1) is 0 Å². The summed E-state index contributed by atoms with van der Waals surface area (Å²) < 4.78 is 0. The first-order chi connectivity index (χ1) is 9.11. The Labute approximate surface area is 110 Å². The fourth-order valence-electron chi connectivity index (χ4n) is 2.17. The first-order valence-electron chi connectivity index (χ1n) is 5.88. The molecule has 19 heavy (non-hydrogen) atoms. The maximum Gasteiger partial charge on any atom is 0.119 e. The van der Waals surface area contributed by atoms with Gasteiger partial charge in [0.1, 0.15) is 17.2 Å². The van der Waals surface area contributed by atoms with Gasteiger partial charge < -0.3 is 15.3 Å². The lowest BCUT2D eigenvalue weighted by atomic mass is 10.0. The van der Waals surface area contributed by atoms with E-state index in [2.05, 4.69) is 0 Å². The Morgan fingerprint density at radius 1 is 0.474 bits per heavy atom. The van der Waals surface area contributed by atoms with E-state index in [9.17, 15) is 15.3 Å². The van der Waals surface area contributed by atoms with E-state index in [0.717, 1.165) is 21.9 Å². The predicted octanol–water partition coefficient (Wildman–Crippen LogP) is 3.62. The minimum absolute atomic E-state index is 0.0285. The van der Waals surface area contributed by atoms with Crippen molar-refractivity contribution in [1.82, 2.24) is 0 Å². The third-order valence-electron chi connectivity index (χ3n) is 3.06. The van der Waals surface area contributed by atoms with Gasteiger partial charge in [-0.3, -0.25) is 0 Å². The second-order valence-electron chi connectivity index (χ2n) is 4.48. The molecular weight excluding hydrogens is 240 g/mol. The van der Waals surface area contributed by atoms with Gasteiger partial charge in [0.25, 0.3) is 0 Å². The van der Waals surface area contributed by atoms with Crippen molar-refractivity contribution in [2.75, 3.05) is 0 Å². The quantitative estimate of drug-likeness (QED) is 0.619. The third kappa shape index (κ3) is 2.18. The molecule has 3 heteroatoms. The second kappa shape index (κ2) is 4.21. The molecule has 3 aromatic rings. The van der Waals surface area contributed by atoms with E-state index in [1.807, 2.05) is 24.3 Å². The SMILES string of the molecule is Oc1cc(O)cc(-c2ccc3cc(O)ccc3c2)c1. The molecule has 0 aliphatic heterocycles. The molecule has 0 saturated heterocycles. The molecular formula is C16H12O3. The summed E-state index contributed by atoms with van der Waals surface area (Å²) >= 11 is 0. The minimum atomic E-state index is 0.0285.